The lowest BCUT2D eigenvalue weighted by molar-refractivity contribution is 0.318. The van der Waals surface area contributed by atoms with Crippen LogP contribution in [0.2, 0.25) is 0 Å². The lowest BCUT2D eigenvalue weighted by Gasteiger charge is -2.18. The van der Waals surface area contributed by atoms with Gasteiger partial charge in [0.15, 0.2) is 0 Å². The van der Waals surface area contributed by atoms with Gasteiger partial charge in [0.05, 0.1) is 0 Å². The minimum absolute atomic E-state index is 0.828. The van der Waals surface area contributed by atoms with Crippen LogP contribution in [0.15, 0.2) is 0 Å². The van der Waals surface area contributed by atoms with E-state index >= 15 is 0 Å². The minimum atomic E-state index is 0.828. The molecule has 2 heteroatoms. The Hall–Kier alpha value is -0.0800. The quantitative estimate of drug-likeness (QED) is 0.675. The molecule has 0 bridgehead atoms. The first-order valence-electron chi connectivity index (χ1n) is 6.25. The van der Waals surface area contributed by atoms with Gasteiger partial charge in [-0.15, -0.1) is 0 Å². The maximum absolute atomic E-state index is 3.65. The van der Waals surface area contributed by atoms with Crippen molar-refractivity contribution in [2.75, 3.05) is 26.7 Å². The molecule has 1 N–H and O–H groups in total. The summed E-state index contributed by atoms with van der Waals surface area (Å²) in [7, 11) is 2.23. The zero-order valence-electron chi connectivity index (χ0n) is 9.89. The zero-order valence-corrected chi connectivity index (χ0v) is 9.89. The fraction of sp³-hybridized carbons (Fsp3) is 1.00. The molecule has 0 saturated heterocycles. The second-order valence-electron chi connectivity index (χ2n) is 4.59. The van der Waals surface area contributed by atoms with Gasteiger partial charge in [0, 0.05) is 19.1 Å². The summed E-state index contributed by atoms with van der Waals surface area (Å²) in [6.45, 7) is 5.88. The summed E-state index contributed by atoms with van der Waals surface area (Å²) in [5, 5.41) is 3.65. The molecule has 1 fully saturated rings. The van der Waals surface area contributed by atoms with E-state index in [1.165, 1.54) is 58.2 Å². The average molecular weight is 198 g/mol. The van der Waals surface area contributed by atoms with Crippen molar-refractivity contribution in [3.63, 3.8) is 0 Å². The number of unbranched alkanes of at least 4 members (excludes halogenated alkanes) is 1. The van der Waals surface area contributed by atoms with Crippen LogP contribution in [0.5, 0.6) is 0 Å². The van der Waals surface area contributed by atoms with Crippen molar-refractivity contribution in [3.8, 4) is 0 Å². The summed E-state index contributed by atoms with van der Waals surface area (Å²) in [4.78, 5) is 2.44. The van der Waals surface area contributed by atoms with E-state index in [0.29, 0.717) is 0 Å². The van der Waals surface area contributed by atoms with E-state index in [-0.39, 0.29) is 0 Å². The van der Waals surface area contributed by atoms with Gasteiger partial charge in [-0.3, -0.25) is 0 Å². The second kappa shape index (κ2) is 7.24. The number of hydrogen-bond donors (Lipinski definition) is 1. The largest absolute Gasteiger partial charge is 0.313 e. The zero-order chi connectivity index (χ0) is 10.2. The van der Waals surface area contributed by atoms with Crippen molar-refractivity contribution < 1.29 is 0 Å². The van der Waals surface area contributed by atoms with Crippen molar-refractivity contribution in [2.24, 2.45) is 0 Å². The minimum Gasteiger partial charge on any atom is -0.313 e. The van der Waals surface area contributed by atoms with Crippen molar-refractivity contribution in [1.29, 1.82) is 0 Å². The molecule has 0 aromatic heterocycles. The summed E-state index contributed by atoms with van der Waals surface area (Å²) in [5.74, 6) is 0. The van der Waals surface area contributed by atoms with Crippen LogP contribution in [0, 0.1) is 0 Å². The first-order chi connectivity index (χ1) is 6.83. The van der Waals surface area contributed by atoms with Crippen LogP contribution in [0.25, 0.3) is 0 Å². The molecule has 0 aromatic rings. The van der Waals surface area contributed by atoms with Crippen molar-refractivity contribution >= 4 is 0 Å². The highest BCUT2D eigenvalue weighted by molar-refractivity contribution is 4.73. The van der Waals surface area contributed by atoms with E-state index in [2.05, 4.69) is 24.2 Å². The monoisotopic (exact) mass is 198 g/mol. The molecular weight excluding hydrogens is 172 g/mol. The molecule has 1 aliphatic carbocycles. The van der Waals surface area contributed by atoms with Gasteiger partial charge in [-0.2, -0.15) is 0 Å². The lowest BCUT2D eigenvalue weighted by atomic mass is 10.2. The fourth-order valence-corrected chi connectivity index (χ4v) is 2.13. The lowest BCUT2D eigenvalue weighted by Crippen LogP contribution is -2.34. The summed E-state index contributed by atoms with van der Waals surface area (Å²) in [6.07, 6.45) is 8.31. The molecule has 1 saturated carbocycles. The highest BCUT2D eigenvalue weighted by Crippen LogP contribution is 2.17. The first kappa shape index (κ1) is 12.0. The number of hydrogen-bond acceptors (Lipinski definition) is 2. The molecule has 1 aliphatic rings. The summed E-state index contributed by atoms with van der Waals surface area (Å²) in [6, 6.07) is 0.828. The van der Waals surface area contributed by atoms with Gasteiger partial charge in [0.25, 0.3) is 0 Å². The Bertz CT molecular complexity index is 130. The SMILES string of the molecule is CCCCN(C)CCNC1CCCC1. The summed E-state index contributed by atoms with van der Waals surface area (Å²) in [5.41, 5.74) is 0. The Balaban J connectivity index is 1.91. The van der Waals surface area contributed by atoms with Crippen LogP contribution in [-0.4, -0.2) is 37.6 Å². The van der Waals surface area contributed by atoms with E-state index in [1.54, 1.807) is 0 Å². The molecule has 0 atom stereocenters. The molecule has 14 heavy (non-hydrogen) atoms. The summed E-state index contributed by atoms with van der Waals surface area (Å²) >= 11 is 0. The molecule has 0 aliphatic heterocycles. The van der Waals surface area contributed by atoms with Gasteiger partial charge in [-0.1, -0.05) is 26.2 Å². The van der Waals surface area contributed by atoms with E-state index in [4.69, 9.17) is 0 Å². The third kappa shape index (κ3) is 4.97. The van der Waals surface area contributed by atoms with Gasteiger partial charge in [-0.25, -0.2) is 0 Å². The predicted molar refractivity (Wildman–Crippen MR) is 62.7 cm³/mol. The topological polar surface area (TPSA) is 15.3 Å². The van der Waals surface area contributed by atoms with Crippen LogP contribution in [0.1, 0.15) is 45.4 Å². The Morgan fingerprint density at radius 3 is 2.57 bits per heavy atom. The molecule has 1 rings (SSSR count). The molecule has 84 valence electrons. The molecule has 0 spiro atoms. The number of likely N-dealkylation sites (N-methyl/N-ethyl adjacent to an activating group) is 1. The van der Waals surface area contributed by atoms with E-state index in [1.807, 2.05) is 0 Å². The van der Waals surface area contributed by atoms with Crippen molar-refractivity contribution in [1.82, 2.24) is 10.2 Å². The van der Waals surface area contributed by atoms with Gasteiger partial charge >= 0.3 is 0 Å². The van der Waals surface area contributed by atoms with E-state index in [0.717, 1.165) is 6.04 Å². The number of nitrogens with zero attached hydrogens (tertiary/aromatic N) is 1. The van der Waals surface area contributed by atoms with Crippen LogP contribution in [0.4, 0.5) is 0 Å². The third-order valence-electron chi connectivity index (χ3n) is 3.18. The van der Waals surface area contributed by atoms with Crippen LogP contribution >= 0.6 is 0 Å². The van der Waals surface area contributed by atoms with E-state index in [9.17, 15) is 0 Å². The fourth-order valence-electron chi connectivity index (χ4n) is 2.13. The Morgan fingerprint density at radius 1 is 1.21 bits per heavy atom. The average Bonchev–Trinajstić information content (AvgIpc) is 2.67. The Kier molecular flexibility index (Phi) is 6.20. The number of nitrogens with one attached hydrogen (secondary N) is 1. The van der Waals surface area contributed by atoms with Gasteiger partial charge in [0.2, 0.25) is 0 Å². The molecule has 0 heterocycles. The smallest absolute Gasteiger partial charge is 0.0104 e. The van der Waals surface area contributed by atoms with Gasteiger partial charge < -0.3 is 10.2 Å². The normalized spacial score (nSPS) is 18.2. The van der Waals surface area contributed by atoms with E-state index < -0.39 is 0 Å². The molecule has 0 amide bonds. The third-order valence-corrected chi connectivity index (χ3v) is 3.18. The van der Waals surface area contributed by atoms with Crippen LogP contribution < -0.4 is 5.32 Å². The molecule has 2 nitrogen and oxygen atoms in total. The molecular formula is C12H26N2. The Morgan fingerprint density at radius 2 is 1.93 bits per heavy atom. The predicted octanol–water partition coefficient (Wildman–Crippen LogP) is 2.25. The standard InChI is InChI=1S/C12H26N2/c1-3-4-10-14(2)11-9-13-12-7-5-6-8-12/h12-13H,3-11H2,1-2H3. The highest BCUT2D eigenvalue weighted by Gasteiger charge is 2.13. The summed E-state index contributed by atoms with van der Waals surface area (Å²) < 4.78 is 0. The van der Waals surface area contributed by atoms with Gasteiger partial charge in [0.1, 0.15) is 0 Å². The second-order valence-corrected chi connectivity index (χ2v) is 4.59. The molecule has 0 radical (unpaired) electrons. The van der Waals surface area contributed by atoms with Crippen molar-refractivity contribution in [3.05, 3.63) is 0 Å². The maximum atomic E-state index is 3.65. The first-order valence-corrected chi connectivity index (χ1v) is 6.25. The maximum Gasteiger partial charge on any atom is 0.0104 e. The van der Waals surface area contributed by atoms with Crippen molar-refractivity contribution in [2.45, 2.75) is 51.5 Å². The Labute approximate surface area is 89.1 Å². The molecule has 0 unspecified atom stereocenters. The highest BCUT2D eigenvalue weighted by atomic mass is 15.1. The van der Waals surface area contributed by atoms with Crippen LogP contribution in [0.3, 0.4) is 0 Å². The molecule has 0 aromatic carbocycles. The van der Waals surface area contributed by atoms with Crippen LogP contribution in [-0.2, 0) is 0 Å². The van der Waals surface area contributed by atoms with Gasteiger partial charge in [-0.05, 0) is 32.9 Å². The number of rotatable bonds is 7.